The zero-order chi connectivity index (χ0) is 9.97. The fourth-order valence-corrected chi connectivity index (χ4v) is 3.16. The van der Waals surface area contributed by atoms with E-state index in [2.05, 4.69) is 4.90 Å². The largest absolute Gasteiger partial charge is 0.306 e. The lowest BCUT2D eigenvalue weighted by Gasteiger charge is -2.42. The van der Waals surface area contributed by atoms with Crippen molar-refractivity contribution in [2.45, 2.75) is 49.8 Å². The SMILES string of the molecule is O=S(O)C1CN(C2CCCCCC2)C1. The Morgan fingerprint density at radius 3 is 2.14 bits per heavy atom. The number of nitrogens with zero attached hydrogens (tertiary/aromatic N) is 1. The lowest BCUT2D eigenvalue weighted by molar-refractivity contribution is 0.109. The van der Waals surface area contributed by atoms with Crippen molar-refractivity contribution in [3.63, 3.8) is 0 Å². The van der Waals surface area contributed by atoms with E-state index in [1.165, 1.54) is 38.5 Å². The fourth-order valence-electron chi connectivity index (χ4n) is 2.52. The molecule has 1 atom stereocenters. The Morgan fingerprint density at radius 2 is 1.64 bits per heavy atom. The minimum absolute atomic E-state index is 0.0262. The van der Waals surface area contributed by atoms with Crippen LogP contribution < -0.4 is 0 Å². The van der Waals surface area contributed by atoms with Gasteiger partial charge in [-0.1, -0.05) is 25.7 Å². The first-order valence-corrected chi connectivity index (χ1v) is 6.78. The molecule has 3 nitrogen and oxygen atoms in total. The zero-order valence-corrected chi connectivity index (χ0v) is 9.34. The van der Waals surface area contributed by atoms with Gasteiger partial charge in [-0.05, 0) is 12.8 Å². The molecular formula is C10H19NO2S. The molecule has 0 spiro atoms. The zero-order valence-electron chi connectivity index (χ0n) is 8.52. The van der Waals surface area contributed by atoms with E-state index in [4.69, 9.17) is 4.55 Å². The molecule has 0 aromatic heterocycles. The molecule has 1 saturated carbocycles. The Kier molecular flexibility index (Phi) is 3.57. The first-order valence-electron chi connectivity index (χ1n) is 5.61. The molecule has 0 amide bonds. The average molecular weight is 217 g/mol. The third-order valence-electron chi connectivity index (χ3n) is 3.50. The number of hydrogen-bond acceptors (Lipinski definition) is 2. The maximum absolute atomic E-state index is 10.8. The van der Waals surface area contributed by atoms with E-state index < -0.39 is 11.1 Å². The summed E-state index contributed by atoms with van der Waals surface area (Å²) in [5.74, 6) is 0. The van der Waals surface area contributed by atoms with Crippen molar-refractivity contribution in [2.24, 2.45) is 0 Å². The van der Waals surface area contributed by atoms with Gasteiger partial charge in [-0.15, -0.1) is 0 Å². The first kappa shape index (κ1) is 10.6. The van der Waals surface area contributed by atoms with Crippen molar-refractivity contribution in [3.8, 4) is 0 Å². The highest BCUT2D eigenvalue weighted by Gasteiger charge is 2.35. The van der Waals surface area contributed by atoms with Crippen LogP contribution in [0.1, 0.15) is 38.5 Å². The Balaban J connectivity index is 1.77. The van der Waals surface area contributed by atoms with Crippen molar-refractivity contribution in [3.05, 3.63) is 0 Å². The van der Waals surface area contributed by atoms with Crippen LogP contribution in [0.15, 0.2) is 0 Å². The molecule has 1 N–H and O–H groups in total. The van der Waals surface area contributed by atoms with Crippen LogP contribution in [0.5, 0.6) is 0 Å². The summed E-state index contributed by atoms with van der Waals surface area (Å²) in [6, 6.07) is 0.706. The summed E-state index contributed by atoms with van der Waals surface area (Å²) in [6.45, 7) is 1.68. The molecule has 2 rings (SSSR count). The Morgan fingerprint density at radius 1 is 1.07 bits per heavy atom. The molecule has 2 fully saturated rings. The Bertz CT molecular complexity index is 208. The van der Waals surface area contributed by atoms with E-state index >= 15 is 0 Å². The maximum atomic E-state index is 10.8. The number of hydrogen-bond donors (Lipinski definition) is 1. The van der Waals surface area contributed by atoms with Gasteiger partial charge in [0.1, 0.15) is 0 Å². The van der Waals surface area contributed by atoms with Crippen LogP contribution in [0.25, 0.3) is 0 Å². The van der Waals surface area contributed by atoms with E-state index in [1.807, 2.05) is 0 Å². The molecule has 1 aliphatic heterocycles. The van der Waals surface area contributed by atoms with Gasteiger partial charge in [0, 0.05) is 19.1 Å². The standard InChI is InChI=1S/C10H19NO2S/c12-14(13)10-7-11(8-10)9-5-3-1-2-4-6-9/h9-10H,1-8H2,(H,12,13). The van der Waals surface area contributed by atoms with E-state index in [0.717, 1.165) is 13.1 Å². The summed E-state index contributed by atoms with van der Waals surface area (Å²) in [5, 5.41) is 0.0262. The molecule has 1 unspecified atom stereocenters. The van der Waals surface area contributed by atoms with Gasteiger partial charge in [0.15, 0.2) is 11.1 Å². The van der Waals surface area contributed by atoms with Crippen LogP contribution in [-0.2, 0) is 11.1 Å². The molecule has 1 heterocycles. The van der Waals surface area contributed by atoms with Crippen LogP contribution in [0.3, 0.4) is 0 Å². The third kappa shape index (κ3) is 2.35. The van der Waals surface area contributed by atoms with Crippen molar-refractivity contribution in [1.82, 2.24) is 4.90 Å². The highest BCUT2D eigenvalue weighted by atomic mass is 32.2. The third-order valence-corrected chi connectivity index (χ3v) is 4.37. The van der Waals surface area contributed by atoms with Gasteiger partial charge < -0.3 is 4.55 Å². The smallest absolute Gasteiger partial charge is 0.158 e. The Hall–Kier alpha value is 0.0700. The minimum Gasteiger partial charge on any atom is -0.306 e. The van der Waals surface area contributed by atoms with Crippen molar-refractivity contribution in [1.29, 1.82) is 0 Å². The van der Waals surface area contributed by atoms with Gasteiger partial charge in [0.25, 0.3) is 0 Å². The summed E-state index contributed by atoms with van der Waals surface area (Å²) in [6.07, 6.45) is 8.02. The Labute approximate surface area is 88.1 Å². The molecule has 4 heteroatoms. The molecular weight excluding hydrogens is 198 g/mol. The van der Waals surface area contributed by atoms with Crippen LogP contribution in [0.4, 0.5) is 0 Å². The van der Waals surface area contributed by atoms with Gasteiger partial charge in [-0.25, -0.2) is 4.21 Å². The average Bonchev–Trinajstić information content (AvgIpc) is 2.29. The van der Waals surface area contributed by atoms with E-state index in [-0.39, 0.29) is 5.25 Å². The first-order chi connectivity index (χ1) is 6.77. The second-order valence-electron chi connectivity index (χ2n) is 4.50. The topological polar surface area (TPSA) is 40.5 Å². The van der Waals surface area contributed by atoms with Crippen molar-refractivity contribution in [2.75, 3.05) is 13.1 Å². The summed E-state index contributed by atoms with van der Waals surface area (Å²) in [5.41, 5.74) is 0. The lowest BCUT2D eigenvalue weighted by Crippen LogP contribution is -2.56. The van der Waals surface area contributed by atoms with Crippen LogP contribution >= 0.6 is 0 Å². The van der Waals surface area contributed by atoms with Crippen LogP contribution in [0.2, 0.25) is 0 Å². The van der Waals surface area contributed by atoms with Gasteiger partial charge in [-0.2, -0.15) is 0 Å². The second kappa shape index (κ2) is 4.73. The predicted molar refractivity (Wildman–Crippen MR) is 57.6 cm³/mol. The van der Waals surface area contributed by atoms with Gasteiger partial charge >= 0.3 is 0 Å². The quantitative estimate of drug-likeness (QED) is 0.564. The monoisotopic (exact) mass is 217 g/mol. The fraction of sp³-hybridized carbons (Fsp3) is 1.00. The summed E-state index contributed by atoms with van der Waals surface area (Å²) < 4.78 is 19.7. The summed E-state index contributed by atoms with van der Waals surface area (Å²) in [4.78, 5) is 2.39. The maximum Gasteiger partial charge on any atom is 0.158 e. The highest BCUT2D eigenvalue weighted by Crippen LogP contribution is 2.26. The van der Waals surface area contributed by atoms with E-state index in [0.29, 0.717) is 6.04 Å². The van der Waals surface area contributed by atoms with Gasteiger partial charge in [0.2, 0.25) is 0 Å². The molecule has 1 aliphatic carbocycles. The summed E-state index contributed by atoms with van der Waals surface area (Å²) >= 11 is -1.59. The molecule has 1 saturated heterocycles. The highest BCUT2D eigenvalue weighted by molar-refractivity contribution is 7.80. The van der Waals surface area contributed by atoms with Crippen molar-refractivity contribution >= 4 is 11.1 Å². The summed E-state index contributed by atoms with van der Waals surface area (Å²) in [7, 11) is 0. The molecule has 82 valence electrons. The van der Waals surface area contributed by atoms with E-state index in [9.17, 15) is 4.21 Å². The second-order valence-corrected chi connectivity index (χ2v) is 5.72. The van der Waals surface area contributed by atoms with Crippen LogP contribution in [0, 0.1) is 0 Å². The number of likely N-dealkylation sites (tertiary alicyclic amines) is 1. The predicted octanol–water partition coefficient (Wildman–Crippen LogP) is 1.62. The van der Waals surface area contributed by atoms with Crippen molar-refractivity contribution < 1.29 is 8.76 Å². The molecule has 0 bridgehead atoms. The molecule has 14 heavy (non-hydrogen) atoms. The van der Waals surface area contributed by atoms with Crippen LogP contribution in [-0.4, -0.2) is 38.0 Å². The van der Waals surface area contributed by atoms with Gasteiger partial charge in [-0.3, -0.25) is 4.90 Å². The molecule has 2 aliphatic rings. The normalized spacial score (nSPS) is 29.5. The lowest BCUT2D eigenvalue weighted by atomic mass is 10.0. The molecule has 0 aromatic rings. The number of rotatable bonds is 2. The van der Waals surface area contributed by atoms with Gasteiger partial charge in [0.05, 0.1) is 5.25 Å². The van der Waals surface area contributed by atoms with E-state index in [1.54, 1.807) is 0 Å². The minimum atomic E-state index is -1.59. The molecule has 0 aromatic carbocycles. The molecule has 0 radical (unpaired) electrons.